The normalized spacial score (nSPS) is 11.1. The molecule has 29 heavy (non-hydrogen) atoms. The number of nitrogens with one attached hydrogen (secondary N) is 2. The molecule has 0 spiro atoms. The van der Waals surface area contributed by atoms with Gasteiger partial charge in [0, 0.05) is 16.8 Å². The van der Waals surface area contributed by atoms with Gasteiger partial charge in [-0.3, -0.25) is 14.9 Å². The molecule has 144 valence electrons. The van der Waals surface area contributed by atoms with Gasteiger partial charge in [-0.2, -0.15) is 0 Å². The summed E-state index contributed by atoms with van der Waals surface area (Å²) in [6.45, 7) is 0. The van der Waals surface area contributed by atoms with Gasteiger partial charge in [-0.15, -0.1) is 0 Å². The van der Waals surface area contributed by atoms with Crippen LogP contribution in [-0.4, -0.2) is 16.8 Å². The van der Waals surface area contributed by atoms with Gasteiger partial charge in [0.05, 0.1) is 16.5 Å². The highest BCUT2D eigenvalue weighted by Gasteiger charge is 2.12. The summed E-state index contributed by atoms with van der Waals surface area (Å²) in [4.78, 5) is 28.6. The molecule has 2 heterocycles. The van der Waals surface area contributed by atoms with Crippen molar-refractivity contribution < 1.29 is 14.0 Å². The fourth-order valence-corrected chi connectivity index (χ4v) is 3.58. The quantitative estimate of drug-likeness (QED) is 0.418. The lowest BCUT2D eigenvalue weighted by molar-refractivity contribution is -0.111. The molecule has 4 aromatic rings. The predicted octanol–water partition coefficient (Wildman–Crippen LogP) is 5.45. The van der Waals surface area contributed by atoms with E-state index < -0.39 is 0 Å². The van der Waals surface area contributed by atoms with Gasteiger partial charge in [0.1, 0.15) is 0 Å². The second-order valence-corrected chi connectivity index (χ2v) is 7.47. The minimum absolute atomic E-state index is 0.213. The minimum atomic E-state index is -0.366. The number of hydrogen-bond donors (Lipinski definition) is 2. The second kappa shape index (κ2) is 8.30. The Bertz CT molecular complexity index is 1200. The highest BCUT2D eigenvalue weighted by Crippen LogP contribution is 2.28. The molecule has 2 amide bonds. The Labute approximate surface area is 174 Å². The second-order valence-electron chi connectivity index (χ2n) is 6.01. The van der Waals surface area contributed by atoms with Crippen LogP contribution < -0.4 is 10.6 Å². The van der Waals surface area contributed by atoms with Crippen molar-refractivity contribution in [1.82, 2.24) is 4.98 Å². The van der Waals surface area contributed by atoms with Gasteiger partial charge in [-0.1, -0.05) is 35.1 Å². The maximum absolute atomic E-state index is 12.2. The Morgan fingerprint density at radius 1 is 1.07 bits per heavy atom. The first-order valence-electron chi connectivity index (χ1n) is 8.57. The van der Waals surface area contributed by atoms with E-state index in [9.17, 15) is 9.59 Å². The Morgan fingerprint density at radius 3 is 2.66 bits per heavy atom. The van der Waals surface area contributed by atoms with Crippen molar-refractivity contribution in [1.29, 1.82) is 0 Å². The SMILES string of the molecule is O=C(/C=C/c1ccc(Cl)cc1)Nc1ccc2nc(NC(=O)c3ccco3)sc2c1. The maximum atomic E-state index is 12.2. The van der Waals surface area contributed by atoms with Gasteiger partial charge in [-0.25, -0.2) is 4.98 Å². The van der Waals surface area contributed by atoms with Crippen molar-refractivity contribution in [3.63, 3.8) is 0 Å². The van der Waals surface area contributed by atoms with E-state index in [1.165, 1.54) is 23.7 Å². The molecule has 8 heteroatoms. The number of fused-ring (bicyclic) bond motifs is 1. The summed E-state index contributed by atoms with van der Waals surface area (Å²) in [7, 11) is 0. The van der Waals surface area contributed by atoms with Gasteiger partial charge in [0.15, 0.2) is 10.9 Å². The smallest absolute Gasteiger partial charge is 0.293 e. The van der Waals surface area contributed by atoms with E-state index in [-0.39, 0.29) is 17.6 Å². The zero-order valence-corrected chi connectivity index (χ0v) is 16.5. The van der Waals surface area contributed by atoms with Gasteiger partial charge in [0.2, 0.25) is 5.91 Å². The van der Waals surface area contributed by atoms with Crippen molar-refractivity contribution >= 4 is 61.9 Å². The average molecular weight is 424 g/mol. The van der Waals surface area contributed by atoms with Crippen LogP contribution in [0, 0.1) is 0 Å². The van der Waals surface area contributed by atoms with E-state index in [4.69, 9.17) is 16.0 Å². The number of halogens is 1. The molecule has 0 bridgehead atoms. The number of thiazole rings is 1. The maximum Gasteiger partial charge on any atom is 0.293 e. The Hall–Kier alpha value is -3.42. The van der Waals surface area contributed by atoms with Crippen LogP contribution in [0.15, 0.2) is 71.4 Å². The summed E-state index contributed by atoms with van der Waals surface area (Å²) in [5.74, 6) is -0.408. The average Bonchev–Trinajstić information content (AvgIpc) is 3.37. The minimum Gasteiger partial charge on any atom is -0.459 e. The number of nitrogens with zero attached hydrogens (tertiary/aromatic N) is 1. The lowest BCUT2D eigenvalue weighted by Crippen LogP contribution is -2.10. The summed E-state index contributed by atoms with van der Waals surface area (Å²) >= 11 is 7.16. The lowest BCUT2D eigenvalue weighted by Gasteiger charge is -2.01. The molecule has 0 atom stereocenters. The van der Waals surface area contributed by atoms with Crippen LogP contribution in [0.5, 0.6) is 0 Å². The Balaban J connectivity index is 1.43. The monoisotopic (exact) mass is 423 g/mol. The summed E-state index contributed by atoms with van der Waals surface area (Å²) in [5, 5.41) is 6.61. The van der Waals surface area contributed by atoms with Gasteiger partial charge < -0.3 is 9.73 Å². The number of anilines is 2. The van der Waals surface area contributed by atoms with E-state index in [2.05, 4.69) is 15.6 Å². The van der Waals surface area contributed by atoms with Crippen molar-refractivity contribution in [2.75, 3.05) is 10.6 Å². The fourth-order valence-electron chi connectivity index (χ4n) is 2.55. The molecule has 2 N–H and O–H groups in total. The molecule has 0 radical (unpaired) electrons. The Morgan fingerprint density at radius 2 is 1.90 bits per heavy atom. The van der Waals surface area contributed by atoms with Gasteiger partial charge in [-0.05, 0) is 54.1 Å². The number of carbonyl (C=O) groups excluding carboxylic acids is 2. The number of amides is 2. The summed E-state index contributed by atoms with van der Waals surface area (Å²) < 4.78 is 5.90. The topological polar surface area (TPSA) is 84.2 Å². The fraction of sp³-hybridized carbons (Fsp3) is 0. The zero-order chi connectivity index (χ0) is 20.2. The number of aromatic nitrogens is 1. The van der Waals surface area contributed by atoms with Crippen molar-refractivity contribution in [3.8, 4) is 0 Å². The molecule has 4 rings (SSSR count). The molecule has 0 unspecified atom stereocenters. The molecular weight excluding hydrogens is 410 g/mol. The first-order valence-corrected chi connectivity index (χ1v) is 9.76. The van der Waals surface area contributed by atoms with Crippen LogP contribution in [0.2, 0.25) is 5.02 Å². The summed E-state index contributed by atoms with van der Waals surface area (Å²) in [5.41, 5.74) is 2.23. The Kier molecular flexibility index (Phi) is 5.41. The molecule has 0 aliphatic rings. The third-order valence-electron chi connectivity index (χ3n) is 3.92. The number of hydrogen-bond acceptors (Lipinski definition) is 5. The van der Waals surface area contributed by atoms with E-state index >= 15 is 0 Å². The third kappa shape index (κ3) is 4.71. The first-order chi connectivity index (χ1) is 14.1. The van der Waals surface area contributed by atoms with Gasteiger partial charge in [0.25, 0.3) is 5.91 Å². The predicted molar refractivity (Wildman–Crippen MR) is 115 cm³/mol. The highest BCUT2D eigenvalue weighted by atomic mass is 35.5. The first kappa shape index (κ1) is 18.9. The molecule has 0 saturated heterocycles. The van der Waals surface area contributed by atoms with E-state index in [0.717, 1.165) is 15.8 Å². The summed E-state index contributed by atoms with van der Waals surface area (Å²) in [6.07, 6.45) is 4.60. The third-order valence-corrected chi connectivity index (χ3v) is 5.10. The van der Waals surface area contributed by atoms with Crippen molar-refractivity contribution in [2.24, 2.45) is 0 Å². The van der Waals surface area contributed by atoms with Crippen LogP contribution in [0.3, 0.4) is 0 Å². The van der Waals surface area contributed by atoms with Crippen molar-refractivity contribution in [2.45, 2.75) is 0 Å². The molecule has 0 saturated carbocycles. The molecule has 0 aliphatic carbocycles. The molecular formula is C21H14ClN3O3S. The number of furan rings is 1. The standard InChI is InChI=1S/C21H14ClN3O3S/c22-14-6-3-13(4-7-14)5-10-19(26)23-15-8-9-16-18(12-15)29-21(24-16)25-20(27)17-2-1-11-28-17/h1-12H,(H,23,26)(H,24,25,27)/b10-5+. The largest absolute Gasteiger partial charge is 0.459 e. The number of carbonyl (C=O) groups is 2. The number of rotatable bonds is 5. The van der Waals surface area contributed by atoms with Crippen LogP contribution >= 0.6 is 22.9 Å². The molecule has 0 aliphatic heterocycles. The molecule has 0 fully saturated rings. The van der Waals surface area contributed by atoms with Gasteiger partial charge >= 0.3 is 0 Å². The summed E-state index contributed by atoms with van der Waals surface area (Å²) in [6, 6.07) is 15.8. The van der Waals surface area contributed by atoms with Crippen LogP contribution in [-0.2, 0) is 4.79 Å². The molecule has 2 aromatic heterocycles. The number of benzene rings is 2. The van der Waals surface area contributed by atoms with E-state index in [0.29, 0.717) is 15.8 Å². The highest BCUT2D eigenvalue weighted by molar-refractivity contribution is 7.22. The van der Waals surface area contributed by atoms with Crippen LogP contribution in [0.4, 0.5) is 10.8 Å². The lowest BCUT2D eigenvalue weighted by atomic mass is 10.2. The zero-order valence-electron chi connectivity index (χ0n) is 14.9. The van der Waals surface area contributed by atoms with Crippen LogP contribution in [0.1, 0.15) is 16.1 Å². The van der Waals surface area contributed by atoms with Crippen molar-refractivity contribution in [3.05, 3.63) is 83.3 Å². The van der Waals surface area contributed by atoms with Crippen LogP contribution in [0.25, 0.3) is 16.3 Å². The van der Waals surface area contributed by atoms with E-state index in [1.54, 1.807) is 42.5 Å². The molecule has 2 aromatic carbocycles. The van der Waals surface area contributed by atoms with E-state index in [1.807, 2.05) is 18.2 Å². The molecule has 6 nitrogen and oxygen atoms in total.